The zero-order valence-corrected chi connectivity index (χ0v) is 9.65. The SMILES string of the molecule is NC(Cc1cncs1)Cc1ccccc1O. The first-order valence-corrected chi connectivity index (χ1v) is 6.03. The topological polar surface area (TPSA) is 59.1 Å². The average Bonchev–Trinajstić information content (AvgIpc) is 2.74. The van der Waals surface area contributed by atoms with E-state index in [2.05, 4.69) is 4.98 Å². The molecule has 0 fully saturated rings. The van der Waals surface area contributed by atoms with Crippen molar-refractivity contribution in [2.75, 3.05) is 0 Å². The number of nitrogens with zero attached hydrogens (tertiary/aromatic N) is 1. The Bertz CT molecular complexity index is 442. The van der Waals surface area contributed by atoms with Crippen molar-refractivity contribution in [3.63, 3.8) is 0 Å². The summed E-state index contributed by atoms with van der Waals surface area (Å²) in [6, 6.07) is 7.34. The molecule has 0 aliphatic heterocycles. The van der Waals surface area contributed by atoms with Gasteiger partial charge in [-0.05, 0) is 24.5 Å². The lowest BCUT2D eigenvalue weighted by Crippen LogP contribution is -2.25. The lowest BCUT2D eigenvalue weighted by atomic mass is 10.0. The van der Waals surface area contributed by atoms with Crippen molar-refractivity contribution in [2.24, 2.45) is 5.73 Å². The number of aromatic hydroxyl groups is 1. The third-order valence-corrected chi connectivity index (χ3v) is 3.22. The fourth-order valence-corrected chi connectivity index (χ4v) is 2.33. The predicted octanol–water partition coefficient (Wildman–Crippen LogP) is 1.96. The number of nitrogens with two attached hydrogens (primary N) is 1. The van der Waals surface area contributed by atoms with Crippen LogP contribution in [0, 0.1) is 0 Å². The fourth-order valence-electron chi connectivity index (χ4n) is 1.64. The number of phenols is 1. The number of thiazole rings is 1. The Morgan fingerprint density at radius 1 is 1.31 bits per heavy atom. The summed E-state index contributed by atoms with van der Waals surface area (Å²) in [4.78, 5) is 5.20. The van der Waals surface area contributed by atoms with Gasteiger partial charge in [0.15, 0.2) is 0 Å². The molecule has 1 atom stereocenters. The largest absolute Gasteiger partial charge is 0.508 e. The minimum absolute atomic E-state index is 0.0220. The second-order valence-electron chi connectivity index (χ2n) is 3.76. The van der Waals surface area contributed by atoms with Gasteiger partial charge in [0, 0.05) is 17.1 Å². The van der Waals surface area contributed by atoms with Crippen molar-refractivity contribution in [1.82, 2.24) is 4.98 Å². The van der Waals surface area contributed by atoms with Gasteiger partial charge in [0.1, 0.15) is 5.75 Å². The Kier molecular flexibility index (Phi) is 3.54. The lowest BCUT2D eigenvalue weighted by Gasteiger charge is -2.11. The molecule has 84 valence electrons. The monoisotopic (exact) mass is 234 g/mol. The number of rotatable bonds is 4. The van der Waals surface area contributed by atoms with Crippen LogP contribution >= 0.6 is 11.3 Å². The molecule has 0 spiro atoms. The third kappa shape index (κ3) is 2.81. The van der Waals surface area contributed by atoms with Crippen LogP contribution in [0.4, 0.5) is 0 Å². The predicted molar refractivity (Wildman–Crippen MR) is 65.6 cm³/mol. The Balaban J connectivity index is 1.97. The zero-order valence-electron chi connectivity index (χ0n) is 8.84. The number of para-hydroxylation sites is 1. The molecule has 1 aromatic heterocycles. The van der Waals surface area contributed by atoms with Crippen LogP contribution in [0.1, 0.15) is 10.4 Å². The average molecular weight is 234 g/mol. The second-order valence-corrected chi connectivity index (χ2v) is 4.74. The van der Waals surface area contributed by atoms with E-state index in [1.165, 1.54) is 4.88 Å². The van der Waals surface area contributed by atoms with Crippen LogP contribution in [-0.2, 0) is 12.8 Å². The normalized spacial score (nSPS) is 12.6. The van der Waals surface area contributed by atoms with Gasteiger partial charge in [-0.3, -0.25) is 4.98 Å². The molecule has 0 saturated carbocycles. The van der Waals surface area contributed by atoms with Crippen LogP contribution in [0.15, 0.2) is 36.0 Å². The van der Waals surface area contributed by atoms with E-state index in [1.54, 1.807) is 17.4 Å². The van der Waals surface area contributed by atoms with Crippen molar-refractivity contribution in [1.29, 1.82) is 0 Å². The van der Waals surface area contributed by atoms with Gasteiger partial charge in [-0.15, -0.1) is 11.3 Å². The first-order valence-electron chi connectivity index (χ1n) is 5.15. The van der Waals surface area contributed by atoms with Gasteiger partial charge in [-0.25, -0.2) is 0 Å². The molecule has 0 bridgehead atoms. The number of benzene rings is 1. The van der Waals surface area contributed by atoms with E-state index in [-0.39, 0.29) is 6.04 Å². The number of aromatic nitrogens is 1. The summed E-state index contributed by atoms with van der Waals surface area (Å²) in [6.07, 6.45) is 3.33. The van der Waals surface area contributed by atoms with Crippen LogP contribution in [0.25, 0.3) is 0 Å². The lowest BCUT2D eigenvalue weighted by molar-refractivity contribution is 0.464. The van der Waals surface area contributed by atoms with E-state index in [0.717, 1.165) is 12.0 Å². The molecule has 2 aromatic rings. The standard InChI is InChI=1S/C12H14N2OS/c13-10(6-11-7-14-8-16-11)5-9-3-1-2-4-12(9)15/h1-4,7-8,10,15H,5-6,13H2. The molecule has 3 N–H and O–H groups in total. The molecule has 1 aromatic carbocycles. The zero-order chi connectivity index (χ0) is 11.4. The maximum atomic E-state index is 9.62. The molecule has 2 rings (SSSR count). The molecule has 4 heteroatoms. The summed E-state index contributed by atoms with van der Waals surface area (Å²) in [6.45, 7) is 0. The van der Waals surface area contributed by atoms with Crippen molar-refractivity contribution >= 4 is 11.3 Å². The van der Waals surface area contributed by atoms with Crippen molar-refractivity contribution < 1.29 is 5.11 Å². The van der Waals surface area contributed by atoms with Gasteiger partial charge in [-0.2, -0.15) is 0 Å². The summed E-state index contributed by atoms with van der Waals surface area (Å²) in [5, 5.41) is 9.62. The van der Waals surface area contributed by atoms with Crippen molar-refractivity contribution in [3.05, 3.63) is 46.4 Å². The van der Waals surface area contributed by atoms with E-state index in [1.807, 2.05) is 29.9 Å². The molecule has 1 unspecified atom stereocenters. The molecule has 0 aliphatic rings. The maximum absolute atomic E-state index is 9.62. The Labute approximate surface area is 98.6 Å². The van der Waals surface area contributed by atoms with Gasteiger partial charge in [0.2, 0.25) is 0 Å². The molecular weight excluding hydrogens is 220 g/mol. The van der Waals surface area contributed by atoms with Gasteiger partial charge in [-0.1, -0.05) is 18.2 Å². The van der Waals surface area contributed by atoms with Crippen LogP contribution in [0.2, 0.25) is 0 Å². The number of hydrogen-bond donors (Lipinski definition) is 2. The van der Waals surface area contributed by atoms with Crippen LogP contribution in [0.3, 0.4) is 0 Å². The molecule has 1 heterocycles. The first-order chi connectivity index (χ1) is 7.75. The van der Waals surface area contributed by atoms with Gasteiger partial charge >= 0.3 is 0 Å². The first kappa shape index (κ1) is 11.1. The van der Waals surface area contributed by atoms with Gasteiger partial charge in [0.25, 0.3) is 0 Å². The van der Waals surface area contributed by atoms with Gasteiger partial charge < -0.3 is 10.8 Å². The Morgan fingerprint density at radius 2 is 2.12 bits per heavy atom. The molecular formula is C12H14N2OS. The van der Waals surface area contributed by atoms with E-state index in [4.69, 9.17) is 5.73 Å². The summed E-state index contributed by atoms with van der Waals surface area (Å²) < 4.78 is 0. The van der Waals surface area contributed by atoms with Crippen LogP contribution in [-0.4, -0.2) is 16.1 Å². The Morgan fingerprint density at radius 3 is 2.81 bits per heavy atom. The molecule has 0 aliphatic carbocycles. The molecule has 3 nitrogen and oxygen atoms in total. The van der Waals surface area contributed by atoms with Gasteiger partial charge in [0.05, 0.1) is 5.51 Å². The van der Waals surface area contributed by atoms with E-state index < -0.39 is 0 Å². The third-order valence-electron chi connectivity index (χ3n) is 2.42. The van der Waals surface area contributed by atoms with Crippen molar-refractivity contribution in [3.8, 4) is 5.75 Å². The molecule has 16 heavy (non-hydrogen) atoms. The highest BCUT2D eigenvalue weighted by molar-refractivity contribution is 7.09. The highest BCUT2D eigenvalue weighted by Crippen LogP contribution is 2.18. The molecule has 0 saturated heterocycles. The summed E-state index contributed by atoms with van der Waals surface area (Å²) >= 11 is 1.61. The minimum Gasteiger partial charge on any atom is -0.508 e. The summed E-state index contributed by atoms with van der Waals surface area (Å²) in [7, 11) is 0. The summed E-state index contributed by atoms with van der Waals surface area (Å²) in [5.41, 5.74) is 8.74. The number of phenolic OH excluding ortho intramolecular Hbond substituents is 1. The van der Waals surface area contributed by atoms with Crippen LogP contribution < -0.4 is 5.73 Å². The summed E-state index contributed by atoms with van der Waals surface area (Å²) in [5.74, 6) is 0.322. The highest BCUT2D eigenvalue weighted by atomic mass is 32.1. The second kappa shape index (κ2) is 5.09. The molecule has 0 amide bonds. The van der Waals surface area contributed by atoms with E-state index in [0.29, 0.717) is 12.2 Å². The van der Waals surface area contributed by atoms with Crippen molar-refractivity contribution in [2.45, 2.75) is 18.9 Å². The van der Waals surface area contributed by atoms with E-state index >= 15 is 0 Å². The number of hydrogen-bond acceptors (Lipinski definition) is 4. The smallest absolute Gasteiger partial charge is 0.118 e. The molecule has 0 radical (unpaired) electrons. The Hall–Kier alpha value is -1.39. The maximum Gasteiger partial charge on any atom is 0.118 e. The quantitative estimate of drug-likeness (QED) is 0.850. The van der Waals surface area contributed by atoms with Crippen LogP contribution in [0.5, 0.6) is 5.75 Å². The van der Waals surface area contributed by atoms with E-state index in [9.17, 15) is 5.11 Å². The highest BCUT2D eigenvalue weighted by Gasteiger charge is 2.08. The fraction of sp³-hybridized carbons (Fsp3) is 0.250. The minimum atomic E-state index is 0.0220.